The van der Waals surface area contributed by atoms with Gasteiger partial charge in [-0.05, 0) is 30.7 Å². The molecule has 0 aliphatic rings. The van der Waals surface area contributed by atoms with Gasteiger partial charge < -0.3 is 9.84 Å². The van der Waals surface area contributed by atoms with Crippen LogP contribution in [0, 0.1) is 6.92 Å². The Kier molecular flexibility index (Phi) is 3.91. The van der Waals surface area contributed by atoms with E-state index in [-0.39, 0.29) is 0 Å². The molecule has 2 heterocycles. The third-order valence-corrected chi connectivity index (χ3v) is 3.19. The van der Waals surface area contributed by atoms with Crippen molar-refractivity contribution in [3.05, 3.63) is 60.2 Å². The van der Waals surface area contributed by atoms with Crippen LogP contribution in [0.25, 0.3) is 11.4 Å². The van der Waals surface area contributed by atoms with Gasteiger partial charge in [0.1, 0.15) is 0 Å². The number of hydrogen-bond acceptors (Lipinski definition) is 5. The SMILES string of the molecule is Cc1ccccc1NCCc1nc(-c2cccnc2)no1. The normalized spacial score (nSPS) is 10.5. The molecular formula is C16H16N4O. The molecule has 5 nitrogen and oxygen atoms in total. The van der Waals surface area contributed by atoms with E-state index >= 15 is 0 Å². The molecular weight excluding hydrogens is 264 g/mol. The number of nitrogens with one attached hydrogen (secondary N) is 1. The van der Waals surface area contributed by atoms with Gasteiger partial charge in [-0.25, -0.2) is 0 Å². The van der Waals surface area contributed by atoms with Gasteiger partial charge in [0.05, 0.1) is 0 Å². The minimum atomic E-state index is 0.578. The van der Waals surface area contributed by atoms with Crippen LogP contribution < -0.4 is 5.32 Å². The van der Waals surface area contributed by atoms with Gasteiger partial charge in [0.15, 0.2) is 0 Å². The average Bonchev–Trinajstić information content (AvgIpc) is 2.99. The molecule has 0 unspecified atom stereocenters. The summed E-state index contributed by atoms with van der Waals surface area (Å²) in [6.45, 7) is 2.83. The fraction of sp³-hybridized carbons (Fsp3) is 0.188. The van der Waals surface area contributed by atoms with Crippen molar-refractivity contribution in [2.75, 3.05) is 11.9 Å². The van der Waals surface area contributed by atoms with Gasteiger partial charge in [-0.15, -0.1) is 0 Å². The van der Waals surface area contributed by atoms with Crippen molar-refractivity contribution in [1.29, 1.82) is 0 Å². The predicted molar refractivity (Wildman–Crippen MR) is 80.9 cm³/mol. The van der Waals surface area contributed by atoms with Gasteiger partial charge in [0.2, 0.25) is 11.7 Å². The van der Waals surface area contributed by atoms with E-state index in [1.807, 2.05) is 24.3 Å². The number of rotatable bonds is 5. The highest BCUT2D eigenvalue weighted by Crippen LogP contribution is 2.15. The molecule has 3 aromatic rings. The van der Waals surface area contributed by atoms with Gasteiger partial charge in [0, 0.05) is 36.6 Å². The molecule has 2 aromatic heterocycles. The molecule has 0 bridgehead atoms. The predicted octanol–water partition coefficient (Wildman–Crippen LogP) is 3.09. The lowest BCUT2D eigenvalue weighted by Gasteiger charge is -2.07. The summed E-state index contributed by atoms with van der Waals surface area (Å²) in [5.74, 6) is 1.20. The van der Waals surface area contributed by atoms with Crippen molar-refractivity contribution >= 4 is 5.69 Å². The highest BCUT2D eigenvalue weighted by atomic mass is 16.5. The topological polar surface area (TPSA) is 63.8 Å². The summed E-state index contributed by atoms with van der Waals surface area (Å²) in [6, 6.07) is 11.9. The minimum Gasteiger partial charge on any atom is -0.384 e. The standard InChI is InChI=1S/C16H16N4O/c1-12-5-2-3-7-14(12)18-10-8-15-19-16(20-21-15)13-6-4-9-17-11-13/h2-7,9,11,18H,8,10H2,1H3. The highest BCUT2D eigenvalue weighted by Gasteiger charge is 2.08. The summed E-state index contributed by atoms with van der Waals surface area (Å²) in [7, 11) is 0. The van der Waals surface area contributed by atoms with Crippen LogP contribution in [0.5, 0.6) is 0 Å². The van der Waals surface area contributed by atoms with Crippen LogP contribution >= 0.6 is 0 Å². The van der Waals surface area contributed by atoms with Crippen molar-refractivity contribution in [3.63, 3.8) is 0 Å². The molecule has 0 aliphatic carbocycles. The van der Waals surface area contributed by atoms with Crippen LogP contribution in [0.2, 0.25) is 0 Å². The molecule has 0 saturated heterocycles. The van der Waals surface area contributed by atoms with Crippen LogP contribution in [0.4, 0.5) is 5.69 Å². The third kappa shape index (κ3) is 3.25. The Balaban J connectivity index is 1.60. The maximum Gasteiger partial charge on any atom is 0.228 e. The zero-order chi connectivity index (χ0) is 14.5. The Hall–Kier alpha value is -2.69. The summed E-state index contributed by atoms with van der Waals surface area (Å²) >= 11 is 0. The molecule has 1 N–H and O–H groups in total. The van der Waals surface area contributed by atoms with Gasteiger partial charge in [-0.3, -0.25) is 4.98 Å². The number of pyridine rings is 1. The molecule has 0 fully saturated rings. The molecule has 106 valence electrons. The zero-order valence-corrected chi connectivity index (χ0v) is 11.8. The number of aryl methyl sites for hydroxylation is 1. The molecule has 5 heteroatoms. The van der Waals surface area contributed by atoms with Gasteiger partial charge in [0.25, 0.3) is 0 Å². The molecule has 0 aliphatic heterocycles. The minimum absolute atomic E-state index is 0.578. The number of anilines is 1. The maximum absolute atomic E-state index is 5.26. The summed E-state index contributed by atoms with van der Waals surface area (Å²) in [6.07, 6.45) is 4.12. The lowest BCUT2D eigenvalue weighted by Crippen LogP contribution is -2.06. The van der Waals surface area contributed by atoms with Crippen molar-refractivity contribution < 1.29 is 4.52 Å². The van der Waals surface area contributed by atoms with Crippen LogP contribution in [0.15, 0.2) is 53.3 Å². The smallest absolute Gasteiger partial charge is 0.228 e. The molecule has 0 atom stereocenters. The molecule has 1 aromatic carbocycles. The maximum atomic E-state index is 5.26. The fourth-order valence-corrected chi connectivity index (χ4v) is 2.04. The zero-order valence-electron chi connectivity index (χ0n) is 11.8. The average molecular weight is 280 g/mol. The van der Waals surface area contributed by atoms with Crippen molar-refractivity contribution in [2.24, 2.45) is 0 Å². The molecule has 0 radical (unpaired) electrons. The summed E-state index contributed by atoms with van der Waals surface area (Å²) in [5, 5.41) is 7.35. The van der Waals surface area contributed by atoms with E-state index in [1.54, 1.807) is 12.4 Å². The highest BCUT2D eigenvalue weighted by molar-refractivity contribution is 5.52. The first-order chi connectivity index (χ1) is 10.3. The summed E-state index contributed by atoms with van der Waals surface area (Å²) in [5.41, 5.74) is 3.21. The molecule has 3 rings (SSSR count). The molecule has 21 heavy (non-hydrogen) atoms. The molecule has 0 saturated carbocycles. The first kappa shape index (κ1) is 13.3. The first-order valence-electron chi connectivity index (χ1n) is 6.85. The largest absolute Gasteiger partial charge is 0.384 e. The lowest BCUT2D eigenvalue weighted by atomic mass is 10.2. The van der Waals surface area contributed by atoms with E-state index in [4.69, 9.17) is 4.52 Å². The lowest BCUT2D eigenvalue weighted by molar-refractivity contribution is 0.381. The van der Waals surface area contributed by atoms with Gasteiger partial charge in [-0.1, -0.05) is 23.4 Å². The number of hydrogen-bond donors (Lipinski definition) is 1. The van der Waals surface area contributed by atoms with E-state index in [0.29, 0.717) is 18.1 Å². The van der Waals surface area contributed by atoms with Crippen LogP contribution in [-0.2, 0) is 6.42 Å². The molecule has 0 amide bonds. The van der Waals surface area contributed by atoms with E-state index in [2.05, 4.69) is 39.5 Å². The second-order valence-electron chi connectivity index (χ2n) is 4.75. The van der Waals surface area contributed by atoms with E-state index in [9.17, 15) is 0 Å². The van der Waals surface area contributed by atoms with Crippen LogP contribution in [0.3, 0.4) is 0 Å². The van der Waals surface area contributed by atoms with E-state index < -0.39 is 0 Å². The summed E-state index contributed by atoms with van der Waals surface area (Å²) in [4.78, 5) is 8.42. The third-order valence-electron chi connectivity index (χ3n) is 3.19. The van der Waals surface area contributed by atoms with Gasteiger partial charge >= 0.3 is 0 Å². The number of nitrogens with zero attached hydrogens (tertiary/aromatic N) is 3. The number of aromatic nitrogens is 3. The van der Waals surface area contributed by atoms with Crippen LogP contribution in [-0.4, -0.2) is 21.7 Å². The Morgan fingerprint density at radius 1 is 1.14 bits per heavy atom. The van der Waals surface area contributed by atoms with Gasteiger partial charge in [-0.2, -0.15) is 4.98 Å². The van der Waals surface area contributed by atoms with Crippen LogP contribution in [0.1, 0.15) is 11.5 Å². The Bertz CT molecular complexity index is 709. The second kappa shape index (κ2) is 6.17. The van der Waals surface area contributed by atoms with E-state index in [0.717, 1.165) is 17.8 Å². The Labute approximate surface area is 123 Å². The fourth-order valence-electron chi connectivity index (χ4n) is 2.04. The van der Waals surface area contributed by atoms with Crippen molar-refractivity contribution in [2.45, 2.75) is 13.3 Å². The number of para-hydroxylation sites is 1. The number of benzene rings is 1. The summed E-state index contributed by atoms with van der Waals surface area (Å²) < 4.78 is 5.26. The second-order valence-corrected chi connectivity index (χ2v) is 4.75. The first-order valence-corrected chi connectivity index (χ1v) is 6.85. The Morgan fingerprint density at radius 3 is 2.86 bits per heavy atom. The monoisotopic (exact) mass is 280 g/mol. The molecule has 0 spiro atoms. The quantitative estimate of drug-likeness (QED) is 0.778. The van der Waals surface area contributed by atoms with E-state index in [1.165, 1.54) is 5.56 Å². The van der Waals surface area contributed by atoms with Crippen molar-refractivity contribution in [1.82, 2.24) is 15.1 Å². The Morgan fingerprint density at radius 2 is 2.05 bits per heavy atom. The van der Waals surface area contributed by atoms with Crippen molar-refractivity contribution in [3.8, 4) is 11.4 Å².